The molecule has 0 spiro atoms. The predicted octanol–water partition coefficient (Wildman–Crippen LogP) is 3.73. The predicted molar refractivity (Wildman–Crippen MR) is 85.1 cm³/mol. The fraction of sp³-hybridized carbons (Fsp3) is 0.500. The summed E-state index contributed by atoms with van der Waals surface area (Å²) in [6, 6.07) is 4.33. The van der Waals surface area contributed by atoms with Crippen LogP contribution in [0.3, 0.4) is 0 Å². The Balaban J connectivity index is 2.02. The van der Waals surface area contributed by atoms with Gasteiger partial charge in [-0.05, 0) is 44.7 Å². The Hall–Kier alpha value is -2.24. The zero-order valence-electron chi connectivity index (χ0n) is 12.8. The molecule has 1 aliphatic carbocycles. The Morgan fingerprint density at radius 1 is 1.18 bits per heavy atom. The summed E-state index contributed by atoms with van der Waals surface area (Å²) in [6.07, 6.45) is 7.81. The summed E-state index contributed by atoms with van der Waals surface area (Å²) in [7, 11) is 0. The van der Waals surface area contributed by atoms with Crippen LogP contribution < -0.4 is 5.43 Å². The molecular formula is C16H21N3O3. The summed E-state index contributed by atoms with van der Waals surface area (Å²) in [5.74, 6) is -0.326. The molecule has 6 nitrogen and oxygen atoms in total. The third kappa shape index (κ3) is 4.38. The van der Waals surface area contributed by atoms with Crippen molar-refractivity contribution in [2.45, 2.75) is 51.9 Å². The minimum absolute atomic E-state index is 0.0166. The van der Waals surface area contributed by atoms with E-state index in [9.17, 15) is 14.9 Å². The first-order chi connectivity index (χ1) is 10.6. The first kappa shape index (κ1) is 16.1. The van der Waals surface area contributed by atoms with Crippen LogP contribution in [0.5, 0.6) is 0 Å². The van der Waals surface area contributed by atoms with Crippen molar-refractivity contribution >= 4 is 17.3 Å². The Labute approximate surface area is 129 Å². The van der Waals surface area contributed by atoms with Crippen LogP contribution >= 0.6 is 0 Å². The van der Waals surface area contributed by atoms with Crippen LogP contribution in [0.15, 0.2) is 23.3 Å². The summed E-state index contributed by atoms with van der Waals surface area (Å²) < 4.78 is 0. The highest BCUT2D eigenvalue weighted by Crippen LogP contribution is 2.19. The van der Waals surface area contributed by atoms with E-state index in [1.165, 1.54) is 37.5 Å². The van der Waals surface area contributed by atoms with E-state index in [0.29, 0.717) is 11.1 Å². The number of nitro groups is 1. The monoisotopic (exact) mass is 303 g/mol. The molecule has 0 bridgehead atoms. The molecule has 0 aromatic heterocycles. The van der Waals surface area contributed by atoms with Gasteiger partial charge in [-0.2, -0.15) is 5.10 Å². The number of amides is 1. The van der Waals surface area contributed by atoms with Gasteiger partial charge in [-0.1, -0.05) is 19.3 Å². The third-order valence-electron chi connectivity index (χ3n) is 3.90. The van der Waals surface area contributed by atoms with Gasteiger partial charge in [0.05, 0.1) is 4.92 Å². The Kier molecular flexibility index (Phi) is 5.63. The van der Waals surface area contributed by atoms with Crippen LogP contribution in [0.25, 0.3) is 0 Å². The van der Waals surface area contributed by atoms with Crippen molar-refractivity contribution in [2.24, 2.45) is 5.10 Å². The number of nitrogens with one attached hydrogen (secondary N) is 1. The molecule has 6 heteroatoms. The van der Waals surface area contributed by atoms with Gasteiger partial charge in [-0.15, -0.1) is 0 Å². The molecule has 0 heterocycles. The second-order valence-electron chi connectivity index (χ2n) is 5.65. The summed E-state index contributed by atoms with van der Waals surface area (Å²) >= 11 is 0. The number of benzene rings is 1. The normalized spacial score (nSPS) is 15.6. The quantitative estimate of drug-likeness (QED) is 0.682. The minimum atomic E-state index is -0.453. The van der Waals surface area contributed by atoms with Crippen molar-refractivity contribution in [1.82, 2.24) is 5.43 Å². The van der Waals surface area contributed by atoms with Crippen LogP contribution in [-0.2, 0) is 0 Å². The van der Waals surface area contributed by atoms with Gasteiger partial charge >= 0.3 is 0 Å². The maximum Gasteiger partial charge on any atom is 0.272 e. The van der Waals surface area contributed by atoms with E-state index in [2.05, 4.69) is 10.5 Å². The van der Waals surface area contributed by atoms with Crippen LogP contribution in [0, 0.1) is 17.0 Å². The molecule has 0 radical (unpaired) electrons. The van der Waals surface area contributed by atoms with Crippen molar-refractivity contribution in [3.05, 3.63) is 39.4 Å². The number of carbonyl (C=O) groups excluding carboxylic acids is 1. The van der Waals surface area contributed by atoms with Crippen LogP contribution in [-0.4, -0.2) is 16.5 Å². The number of rotatable bonds is 3. The summed E-state index contributed by atoms with van der Waals surface area (Å²) in [5, 5.41) is 15.0. The van der Waals surface area contributed by atoms with Crippen molar-refractivity contribution in [3.8, 4) is 0 Å². The maximum absolute atomic E-state index is 12.1. The number of aryl methyl sites for hydroxylation is 1. The smallest absolute Gasteiger partial charge is 0.267 e. The molecule has 1 N–H and O–H groups in total. The Morgan fingerprint density at radius 2 is 1.82 bits per heavy atom. The number of nitrogens with zero attached hydrogens (tertiary/aromatic N) is 2. The van der Waals surface area contributed by atoms with Gasteiger partial charge in [0.15, 0.2) is 0 Å². The second-order valence-corrected chi connectivity index (χ2v) is 5.65. The van der Waals surface area contributed by atoms with Crippen molar-refractivity contribution in [3.63, 3.8) is 0 Å². The number of hydrazone groups is 1. The Morgan fingerprint density at radius 3 is 2.41 bits per heavy atom. The van der Waals surface area contributed by atoms with E-state index < -0.39 is 4.92 Å². The lowest BCUT2D eigenvalue weighted by Gasteiger charge is -2.11. The van der Waals surface area contributed by atoms with Crippen molar-refractivity contribution in [1.29, 1.82) is 0 Å². The highest BCUT2D eigenvalue weighted by atomic mass is 16.6. The van der Waals surface area contributed by atoms with Gasteiger partial charge in [0.2, 0.25) is 0 Å². The van der Waals surface area contributed by atoms with E-state index in [-0.39, 0.29) is 11.6 Å². The SMILES string of the molecule is Cc1cc(C(=O)NN=C2CCCCCCC2)ccc1[N+](=O)[O-]. The van der Waals surface area contributed by atoms with Gasteiger partial charge in [-0.3, -0.25) is 14.9 Å². The van der Waals surface area contributed by atoms with Gasteiger partial charge in [0.25, 0.3) is 11.6 Å². The summed E-state index contributed by atoms with van der Waals surface area (Å²) in [6.45, 7) is 1.62. The maximum atomic E-state index is 12.1. The third-order valence-corrected chi connectivity index (χ3v) is 3.90. The molecular weight excluding hydrogens is 282 g/mol. The fourth-order valence-corrected chi connectivity index (χ4v) is 2.62. The molecule has 1 amide bonds. The first-order valence-corrected chi connectivity index (χ1v) is 7.69. The van der Waals surface area contributed by atoms with Crippen molar-refractivity contribution < 1.29 is 9.72 Å². The van der Waals surface area contributed by atoms with E-state index >= 15 is 0 Å². The summed E-state index contributed by atoms with van der Waals surface area (Å²) in [4.78, 5) is 22.4. The lowest BCUT2D eigenvalue weighted by molar-refractivity contribution is -0.385. The molecule has 118 valence electrons. The van der Waals surface area contributed by atoms with Gasteiger partial charge < -0.3 is 0 Å². The zero-order valence-corrected chi connectivity index (χ0v) is 12.8. The average molecular weight is 303 g/mol. The first-order valence-electron chi connectivity index (χ1n) is 7.69. The fourth-order valence-electron chi connectivity index (χ4n) is 2.62. The van der Waals surface area contributed by atoms with Crippen LogP contribution in [0.1, 0.15) is 60.9 Å². The molecule has 0 aliphatic heterocycles. The van der Waals surface area contributed by atoms with E-state index in [1.807, 2.05) is 0 Å². The lowest BCUT2D eigenvalue weighted by atomic mass is 9.99. The zero-order chi connectivity index (χ0) is 15.9. The van der Waals surface area contributed by atoms with Gasteiger partial charge in [-0.25, -0.2) is 5.43 Å². The highest BCUT2D eigenvalue weighted by molar-refractivity contribution is 5.96. The number of hydrogen-bond acceptors (Lipinski definition) is 4. The number of carbonyl (C=O) groups is 1. The molecule has 1 aromatic carbocycles. The topological polar surface area (TPSA) is 84.6 Å². The van der Waals surface area contributed by atoms with Crippen molar-refractivity contribution in [2.75, 3.05) is 0 Å². The number of nitro benzene ring substituents is 1. The molecule has 1 fully saturated rings. The standard InChI is InChI=1S/C16H21N3O3/c1-12-11-13(9-10-15(12)19(21)22)16(20)18-17-14-7-5-3-2-4-6-8-14/h9-11H,2-8H2,1H3,(H,18,20). The summed E-state index contributed by atoms with van der Waals surface area (Å²) in [5.41, 5.74) is 4.48. The van der Waals surface area contributed by atoms with Gasteiger partial charge in [0, 0.05) is 22.9 Å². The average Bonchev–Trinajstić information content (AvgIpc) is 2.45. The lowest BCUT2D eigenvalue weighted by Crippen LogP contribution is -2.20. The molecule has 0 atom stereocenters. The van der Waals surface area contributed by atoms with E-state index in [1.54, 1.807) is 6.92 Å². The Bertz CT molecular complexity index is 586. The molecule has 1 aromatic rings. The molecule has 2 rings (SSSR count). The minimum Gasteiger partial charge on any atom is -0.267 e. The molecule has 0 saturated heterocycles. The van der Waals surface area contributed by atoms with Crippen LogP contribution in [0.4, 0.5) is 5.69 Å². The van der Waals surface area contributed by atoms with Crippen LogP contribution in [0.2, 0.25) is 0 Å². The van der Waals surface area contributed by atoms with Gasteiger partial charge in [0.1, 0.15) is 0 Å². The van der Waals surface area contributed by atoms with E-state index in [0.717, 1.165) is 31.4 Å². The largest absolute Gasteiger partial charge is 0.272 e. The molecule has 22 heavy (non-hydrogen) atoms. The molecule has 1 saturated carbocycles. The molecule has 1 aliphatic rings. The number of hydrogen-bond donors (Lipinski definition) is 1. The molecule has 0 unspecified atom stereocenters. The highest BCUT2D eigenvalue weighted by Gasteiger charge is 2.14. The second kappa shape index (κ2) is 7.68. The van der Waals surface area contributed by atoms with E-state index in [4.69, 9.17) is 0 Å².